The molecule has 1 saturated heterocycles. The summed E-state index contributed by atoms with van der Waals surface area (Å²) in [5.41, 5.74) is 0.222. The number of aliphatic hydroxyl groups is 1. The molecule has 1 aliphatic heterocycles. The van der Waals surface area contributed by atoms with Gasteiger partial charge in [0.15, 0.2) is 0 Å². The van der Waals surface area contributed by atoms with E-state index in [4.69, 9.17) is 0 Å². The van der Waals surface area contributed by atoms with Crippen molar-refractivity contribution < 1.29 is 9.90 Å². The van der Waals surface area contributed by atoms with Crippen LogP contribution in [0, 0.1) is 17.3 Å². The lowest BCUT2D eigenvalue weighted by atomic mass is 10.0. The normalized spacial score (nSPS) is 35.3. The first-order valence-electron chi connectivity index (χ1n) is 5.88. The van der Waals surface area contributed by atoms with Gasteiger partial charge >= 0.3 is 0 Å². The Balaban J connectivity index is 1.89. The number of aliphatic hydroxyl groups excluding tert-OH is 1. The average Bonchev–Trinajstić information content (AvgIpc) is 2.65. The van der Waals surface area contributed by atoms with Crippen molar-refractivity contribution in [2.24, 2.45) is 17.3 Å². The molecule has 1 aliphatic carbocycles. The molecule has 1 saturated carbocycles. The van der Waals surface area contributed by atoms with Crippen LogP contribution < -0.4 is 0 Å². The zero-order valence-corrected chi connectivity index (χ0v) is 9.86. The maximum atomic E-state index is 12.0. The maximum absolute atomic E-state index is 12.0. The summed E-state index contributed by atoms with van der Waals surface area (Å²) in [6.45, 7) is 7.71. The fraction of sp³-hybridized carbons (Fsp3) is 0.917. The highest BCUT2D eigenvalue weighted by atomic mass is 16.3. The molecule has 0 radical (unpaired) electrons. The minimum Gasteiger partial charge on any atom is -0.393 e. The van der Waals surface area contributed by atoms with Crippen LogP contribution in [0.15, 0.2) is 0 Å². The van der Waals surface area contributed by atoms with Crippen LogP contribution >= 0.6 is 0 Å². The zero-order valence-electron chi connectivity index (χ0n) is 9.86. The topological polar surface area (TPSA) is 40.5 Å². The van der Waals surface area contributed by atoms with E-state index >= 15 is 0 Å². The van der Waals surface area contributed by atoms with Crippen LogP contribution in [0.1, 0.15) is 33.6 Å². The van der Waals surface area contributed by atoms with Gasteiger partial charge in [0.2, 0.25) is 5.91 Å². The van der Waals surface area contributed by atoms with Crippen molar-refractivity contribution in [2.45, 2.75) is 39.7 Å². The molecule has 0 aromatic rings. The van der Waals surface area contributed by atoms with Crippen LogP contribution in [0.25, 0.3) is 0 Å². The first-order chi connectivity index (χ1) is 6.92. The Kier molecular flexibility index (Phi) is 2.53. The standard InChI is InChI=1S/C12H21NO2/c1-8(14)9-4-5-13(7-9)11(15)10-6-12(10,2)3/h8-10,14H,4-7H2,1-3H3. The van der Waals surface area contributed by atoms with Gasteiger partial charge in [0.1, 0.15) is 0 Å². The number of carbonyl (C=O) groups is 1. The van der Waals surface area contributed by atoms with Crippen molar-refractivity contribution in [3.63, 3.8) is 0 Å². The number of amides is 1. The van der Waals surface area contributed by atoms with E-state index in [9.17, 15) is 9.90 Å². The molecule has 86 valence electrons. The smallest absolute Gasteiger partial charge is 0.226 e. The lowest BCUT2D eigenvalue weighted by Gasteiger charge is -2.18. The second-order valence-corrected chi connectivity index (χ2v) is 5.82. The molecule has 3 nitrogen and oxygen atoms in total. The SMILES string of the molecule is CC(O)C1CCN(C(=O)C2CC2(C)C)C1. The van der Waals surface area contributed by atoms with E-state index in [-0.39, 0.29) is 23.4 Å². The predicted octanol–water partition coefficient (Wildman–Crippen LogP) is 1.26. The van der Waals surface area contributed by atoms with Crippen LogP contribution in [0.2, 0.25) is 0 Å². The van der Waals surface area contributed by atoms with Crippen LogP contribution in [0.4, 0.5) is 0 Å². The van der Waals surface area contributed by atoms with Gasteiger partial charge in [-0.15, -0.1) is 0 Å². The summed E-state index contributed by atoms with van der Waals surface area (Å²) in [5.74, 6) is 0.837. The van der Waals surface area contributed by atoms with Gasteiger partial charge in [-0.05, 0) is 25.2 Å². The predicted molar refractivity (Wildman–Crippen MR) is 58.3 cm³/mol. The summed E-state index contributed by atoms with van der Waals surface area (Å²) in [6, 6.07) is 0. The van der Waals surface area contributed by atoms with Crippen molar-refractivity contribution >= 4 is 5.91 Å². The number of likely N-dealkylation sites (tertiary alicyclic amines) is 1. The third kappa shape index (κ3) is 2.03. The fourth-order valence-electron chi connectivity index (χ4n) is 2.49. The second-order valence-electron chi connectivity index (χ2n) is 5.82. The molecule has 0 bridgehead atoms. The molecule has 1 amide bonds. The van der Waals surface area contributed by atoms with Gasteiger partial charge < -0.3 is 10.0 Å². The molecule has 1 heterocycles. The maximum Gasteiger partial charge on any atom is 0.226 e. The Morgan fingerprint density at radius 3 is 2.53 bits per heavy atom. The van der Waals surface area contributed by atoms with Crippen molar-refractivity contribution in [3.8, 4) is 0 Å². The van der Waals surface area contributed by atoms with Gasteiger partial charge in [-0.2, -0.15) is 0 Å². The fourth-order valence-corrected chi connectivity index (χ4v) is 2.49. The minimum atomic E-state index is -0.282. The third-order valence-electron chi connectivity index (χ3n) is 4.03. The molecule has 0 aromatic carbocycles. The molecule has 2 aliphatic rings. The Labute approximate surface area is 91.5 Å². The van der Waals surface area contributed by atoms with Crippen molar-refractivity contribution in [2.75, 3.05) is 13.1 Å². The van der Waals surface area contributed by atoms with Crippen LogP contribution in [-0.2, 0) is 4.79 Å². The Morgan fingerprint density at radius 2 is 2.13 bits per heavy atom. The highest BCUT2D eigenvalue weighted by Gasteiger charge is 2.52. The van der Waals surface area contributed by atoms with Gasteiger partial charge in [-0.1, -0.05) is 13.8 Å². The number of hydrogen-bond acceptors (Lipinski definition) is 2. The first kappa shape index (κ1) is 10.9. The van der Waals surface area contributed by atoms with Gasteiger partial charge in [-0.3, -0.25) is 4.79 Å². The molecule has 2 fully saturated rings. The van der Waals surface area contributed by atoms with Gasteiger partial charge in [0.25, 0.3) is 0 Å². The summed E-state index contributed by atoms with van der Waals surface area (Å²) in [5, 5.41) is 9.47. The van der Waals surface area contributed by atoms with Gasteiger partial charge in [-0.25, -0.2) is 0 Å². The van der Waals surface area contributed by atoms with Crippen molar-refractivity contribution in [1.29, 1.82) is 0 Å². The van der Waals surface area contributed by atoms with Crippen molar-refractivity contribution in [3.05, 3.63) is 0 Å². The Hall–Kier alpha value is -0.570. The lowest BCUT2D eigenvalue weighted by molar-refractivity contribution is -0.132. The van der Waals surface area contributed by atoms with Crippen LogP contribution in [0.3, 0.4) is 0 Å². The Morgan fingerprint density at radius 1 is 1.53 bits per heavy atom. The van der Waals surface area contributed by atoms with Gasteiger partial charge in [0.05, 0.1) is 6.10 Å². The largest absolute Gasteiger partial charge is 0.393 e. The van der Waals surface area contributed by atoms with E-state index in [0.29, 0.717) is 5.91 Å². The summed E-state index contributed by atoms with van der Waals surface area (Å²) in [4.78, 5) is 14.0. The lowest BCUT2D eigenvalue weighted by Crippen LogP contribution is -2.32. The quantitative estimate of drug-likeness (QED) is 0.747. The molecule has 15 heavy (non-hydrogen) atoms. The number of rotatable bonds is 2. The monoisotopic (exact) mass is 211 g/mol. The molecule has 3 atom stereocenters. The van der Waals surface area contributed by atoms with Crippen molar-refractivity contribution in [1.82, 2.24) is 4.90 Å². The summed E-state index contributed by atoms with van der Waals surface area (Å²) in [7, 11) is 0. The third-order valence-corrected chi connectivity index (χ3v) is 4.03. The average molecular weight is 211 g/mol. The molecular weight excluding hydrogens is 190 g/mol. The number of hydrogen-bond donors (Lipinski definition) is 1. The molecule has 3 heteroatoms. The van der Waals surface area contributed by atoms with Crippen LogP contribution in [0.5, 0.6) is 0 Å². The zero-order chi connectivity index (χ0) is 11.2. The summed E-state index contributed by atoms with van der Waals surface area (Å²) < 4.78 is 0. The summed E-state index contributed by atoms with van der Waals surface area (Å²) >= 11 is 0. The van der Waals surface area contributed by atoms with E-state index in [2.05, 4.69) is 13.8 Å². The molecule has 1 N–H and O–H groups in total. The van der Waals surface area contributed by atoms with Gasteiger partial charge in [0, 0.05) is 24.9 Å². The Bertz CT molecular complexity index is 273. The minimum absolute atomic E-state index is 0.222. The van der Waals surface area contributed by atoms with E-state index in [1.807, 2.05) is 11.8 Å². The molecular formula is C12H21NO2. The van der Waals surface area contributed by atoms with E-state index < -0.39 is 0 Å². The highest BCUT2D eigenvalue weighted by Crippen LogP contribution is 2.52. The molecule has 0 aromatic heterocycles. The summed E-state index contributed by atoms with van der Waals surface area (Å²) in [6.07, 6.45) is 1.70. The molecule has 3 unspecified atom stereocenters. The molecule has 0 spiro atoms. The number of nitrogens with zero attached hydrogens (tertiary/aromatic N) is 1. The van der Waals surface area contributed by atoms with E-state index in [0.717, 1.165) is 25.9 Å². The van der Waals surface area contributed by atoms with Crippen LogP contribution in [-0.4, -0.2) is 35.1 Å². The van der Waals surface area contributed by atoms with E-state index in [1.54, 1.807) is 0 Å². The second kappa shape index (κ2) is 3.48. The molecule has 2 rings (SSSR count). The number of carbonyl (C=O) groups excluding carboxylic acids is 1. The first-order valence-corrected chi connectivity index (χ1v) is 5.88. The highest BCUT2D eigenvalue weighted by molar-refractivity contribution is 5.82. The van der Waals surface area contributed by atoms with E-state index in [1.165, 1.54) is 0 Å².